The summed E-state index contributed by atoms with van der Waals surface area (Å²) in [6.07, 6.45) is 1.75. The molecule has 0 saturated carbocycles. The van der Waals surface area contributed by atoms with Gasteiger partial charge in [0.25, 0.3) is 0 Å². The Morgan fingerprint density at radius 2 is 1.80 bits per heavy atom. The molecule has 0 heterocycles. The van der Waals surface area contributed by atoms with Crippen LogP contribution in [0.5, 0.6) is 0 Å². The van der Waals surface area contributed by atoms with Gasteiger partial charge in [-0.15, -0.1) is 0 Å². The summed E-state index contributed by atoms with van der Waals surface area (Å²) in [6.45, 7) is 9.87. The maximum absolute atomic E-state index is 11.5. The number of amides is 1. The maximum Gasteiger partial charge on any atom is 0.220 e. The SMILES string of the molecule is CC(C)CC(C)CC(=O)NCC(C)CN. The van der Waals surface area contributed by atoms with Gasteiger partial charge >= 0.3 is 0 Å². The summed E-state index contributed by atoms with van der Waals surface area (Å²) >= 11 is 0. The van der Waals surface area contributed by atoms with Crippen molar-refractivity contribution in [2.45, 2.75) is 40.5 Å². The van der Waals surface area contributed by atoms with Gasteiger partial charge in [0.2, 0.25) is 5.91 Å². The van der Waals surface area contributed by atoms with E-state index in [2.05, 4.69) is 26.1 Å². The van der Waals surface area contributed by atoms with E-state index in [0.29, 0.717) is 37.3 Å². The molecule has 0 spiro atoms. The normalized spacial score (nSPS) is 15.1. The average Bonchev–Trinajstić information content (AvgIpc) is 2.12. The van der Waals surface area contributed by atoms with Crippen molar-refractivity contribution in [1.82, 2.24) is 5.32 Å². The Balaban J connectivity index is 3.64. The lowest BCUT2D eigenvalue weighted by atomic mass is 9.96. The topological polar surface area (TPSA) is 55.1 Å². The molecule has 2 atom stereocenters. The maximum atomic E-state index is 11.5. The van der Waals surface area contributed by atoms with Crippen molar-refractivity contribution in [1.29, 1.82) is 0 Å². The summed E-state index contributed by atoms with van der Waals surface area (Å²) in [5, 5.41) is 2.92. The fourth-order valence-corrected chi connectivity index (χ4v) is 1.65. The Hall–Kier alpha value is -0.570. The first-order valence-corrected chi connectivity index (χ1v) is 5.92. The summed E-state index contributed by atoms with van der Waals surface area (Å²) in [6, 6.07) is 0. The average molecular weight is 214 g/mol. The molecule has 0 aromatic carbocycles. The third kappa shape index (κ3) is 8.43. The van der Waals surface area contributed by atoms with Crippen LogP contribution in [0.4, 0.5) is 0 Å². The van der Waals surface area contributed by atoms with Crippen molar-refractivity contribution in [2.75, 3.05) is 13.1 Å². The Bertz CT molecular complexity index is 180. The fraction of sp³-hybridized carbons (Fsp3) is 0.917. The van der Waals surface area contributed by atoms with E-state index in [0.717, 1.165) is 6.42 Å². The smallest absolute Gasteiger partial charge is 0.220 e. The quantitative estimate of drug-likeness (QED) is 0.678. The molecule has 2 unspecified atom stereocenters. The predicted octanol–water partition coefficient (Wildman–Crippen LogP) is 1.77. The molecule has 1 amide bonds. The molecule has 0 aliphatic rings. The van der Waals surface area contributed by atoms with Gasteiger partial charge in [-0.3, -0.25) is 4.79 Å². The van der Waals surface area contributed by atoms with Gasteiger partial charge in [0.15, 0.2) is 0 Å². The van der Waals surface area contributed by atoms with Crippen LogP contribution in [-0.2, 0) is 4.79 Å². The first-order chi connectivity index (χ1) is 6.95. The van der Waals surface area contributed by atoms with Crippen LogP contribution in [0.2, 0.25) is 0 Å². The zero-order chi connectivity index (χ0) is 11.8. The van der Waals surface area contributed by atoms with Gasteiger partial charge in [-0.25, -0.2) is 0 Å². The van der Waals surface area contributed by atoms with Crippen molar-refractivity contribution < 1.29 is 4.79 Å². The highest BCUT2D eigenvalue weighted by molar-refractivity contribution is 5.76. The van der Waals surface area contributed by atoms with Crippen LogP contribution in [0, 0.1) is 17.8 Å². The van der Waals surface area contributed by atoms with Crippen molar-refractivity contribution in [3.63, 3.8) is 0 Å². The lowest BCUT2D eigenvalue weighted by molar-refractivity contribution is -0.122. The van der Waals surface area contributed by atoms with Crippen molar-refractivity contribution >= 4 is 5.91 Å². The van der Waals surface area contributed by atoms with Crippen LogP contribution in [-0.4, -0.2) is 19.0 Å². The number of carbonyl (C=O) groups is 1. The lowest BCUT2D eigenvalue weighted by Crippen LogP contribution is -2.32. The van der Waals surface area contributed by atoms with Crippen molar-refractivity contribution in [2.24, 2.45) is 23.5 Å². The third-order valence-corrected chi connectivity index (χ3v) is 2.46. The molecule has 0 radical (unpaired) electrons. The Morgan fingerprint density at radius 3 is 2.27 bits per heavy atom. The van der Waals surface area contributed by atoms with Crippen LogP contribution in [0.15, 0.2) is 0 Å². The Kier molecular flexibility index (Phi) is 7.39. The van der Waals surface area contributed by atoms with Crippen LogP contribution < -0.4 is 11.1 Å². The summed E-state index contributed by atoms with van der Waals surface area (Å²) in [4.78, 5) is 11.5. The summed E-state index contributed by atoms with van der Waals surface area (Å²) in [5.41, 5.74) is 5.47. The second kappa shape index (κ2) is 7.69. The van der Waals surface area contributed by atoms with E-state index in [9.17, 15) is 4.79 Å². The van der Waals surface area contributed by atoms with Crippen LogP contribution >= 0.6 is 0 Å². The summed E-state index contributed by atoms with van der Waals surface area (Å²) < 4.78 is 0. The van der Waals surface area contributed by atoms with Crippen LogP contribution in [0.1, 0.15) is 40.5 Å². The standard InChI is InChI=1S/C12H26N2O/c1-9(2)5-10(3)6-12(15)14-8-11(4)7-13/h9-11H,5-8,13H2,1-4H3,(H,14,15). The number of hydrogen-bond acceptors (Lipinski definition) is 2. The number of rotatable bonds is 7. The minimum Gasteiger partial charge on any atom is -0.356 e. The Labute approximate surface area is 93.8 Å². The van der Waals surface area contributed by atoms with E-state index >= 15 is 0 Å². The highest BCUT2D eigenvalue weighted by Gasteiger charge is 2.11. The van der Waals surface area contributed by atoms with Gasteiger partial charge < -0.3 is 11.1 Å². The van der Waals surface area contributed by atoms with E-state index in [1.54, 1.807) is 0 Å². The molecular formula is C12H26N2O. The number of hydrogen-bond donors (Lipinski definition) is 2. The minimum atomic E-state index is 0.156. The van der Waals surface area contributed by atoms with Gasteiger partial charge in [0.1, 0.15) is 0 Å². The summed E-state index contributed by atoms with van der Waals surface area (Å²) in [7, 11) is 0. The van der Waals surface area contributed by atoms with Gasteiger partial charge in [-0.05, 0) is 30.7 Å². The lowest BCUT2D eigenvalue weighted by Gasteiger charge is -2.15. The zero-order valence-corrected chi connectivity index (χ0v) is 10.5. The monoisotopic (exact) mass is 214 g/mol. The molecule has 15 heavy (non-hydrogen) atoms. The van der Waals surface area contributed by atoms with E-state index < -0.39 is 0 Å². The number of nitrogens with two attached hydrogens (primary N) is 1. The van der Waals surface area contributed by atoms with Gasteiger partial charge in [0.05, 0.1) is 0 Å². The van der Waals surface area contributed by atoms with E-state index in [1.807, 2.05) is 6.92 Å². The molecule has 0 aliphatic heterocycles. The van der Waals surface area contributed by atoms with Crippen molar-refractivity contribution in [3.8, 4) is 0 Å². The fourth-order valence-electron chi connectivity index (χ4n) is 1.65. The molecule has 0 rings (SSSR count). The first-order valence-electron chi connectivity index (χ1n) is 5.92. The van der Waals surface area contributed by atoms with E-state index in [-0.39, 0.29) is 5.91 Å². The van der Waals surface area contributed by atoms with Gasteiger partial charge in [-0.2, -0.15) is 0 Å². The van der Waals surface area contributed by atoms with E-state index in [1.165, 1.54) is 0 Å². The molecule has 0 aromatic rings. The zero-order valence-electron chi connectivity index (χ0n) is 10.5. The molecule has 0 bridgehead atoms. The van der Waals surface area contributed by atoms with Crippen LogP contribution in [0.3, 0.4) is 0 Å². The molecule has 3 heteroatoms. The molecule has 0 fully saturated rings. The Morgan fingerprint density at radius 1 is 1.20 bits per heavy atom. The van der Waals surface area contributed by atoms with Crippen LogP contribution in [0.25, 0.3) is 0 Å². The van der Waals surface area contributed by atoms with Crippen molar-refractivity contribution in [3.05, 3.63) is 0 Å². The number of carbonyl (C=O) groups excluding carboxylic acids is 1. The third-order valence-electron chi connectivity index (χ3n) is 2.46. The molecular weight excluding hydrogens is 188 g/mol. The summed E-state index contributed by atoms with van der Waals surface area (Å²) in [5.74, 6) is 1.66. The number of nitrogens with one attached hydrogen (secondary N) is 1. The second-order valence-electron chi connectivity index (χ2n) is 5.08. The molecule has 0 aromatic heterocycles. The van der Waals surface area contributed by atoms with Gasteiger partial charge in [0, 0.05) is 13.0 Å². The highest BCUT2D eigenvalue weighted by Crippen LogP contribution is 2.14. The largest absolute Gasteiger partial charge is 0.356 e. The van der Waals surface area contributed by atoms with Gasteiger partial charge in [-0.1, -0.05) is 27.7 Å². The molecule has 3 N–H and O–H groups in total. The molecule has 0 saturated heterocycles. The molecule has 3 nitrogen and oxygen atoms in total. The molecule has 90 valence electrons. The second-order valence-corrected chi connectivity index (χ2v) is 5.08. The first kappa shape index (κ1) is 14.4. The minimum absolute atomic E-state index is 0.156. The predicted molar refractivity (Wildman–Crippen MR) is 64.5 cm³/mol. The molecule has 0 aliphatic carbocycles. The van der Waals surface area contributed by atoms with E-state index in [4.69, 9.17) is 5.73 Å². The highest BCUT2D eigenvalue weighted by atomic mass is 16.1.